The molecular formula is C23H27FN4O4. The van der Waals surface area contributed by atoms with Gasteiger partial charge in [0.2, 0.25) is 23.6 Å². The molecule has 4 rings (SSSR count). The van der Waals surface area contributed by atoms with E-state index in [1.54, 1.807) is 4.90 Å². The lowest BCUT2D eigenvalue weighted by Crippen LogP contribution is -2.51. The van der Waals surface area contributed by atoms with Crippen LogP contribution in [0.1, 0.15) is 19.3 Å². The molecule has 0 saturated carbocycles. The molecule has 3 aliphatic rings. The number of likely N-dealkylation sites (tertiary alicyclic amines) is 1. The summed E-state index contributed by atoms with van der Waals surface area (Å²) in [5.41, 5.74) is 0.534. The van der Waals surface area contributed by atoms with E-state index in [9.17, 15) is 23.6 Å². The van der Waals surface area contributed by atoms with Gasteiger partial charge in [-0.05, 0) is 37.1 Å². The number of imide groups is 1. The van der Waals surface area contributed by atoms with Crippen LogP contribution >= 0.6 is 0 Å². The summed E-state index contributed by atoms with van der Waals surface area (Å²) in [7, 11) is 0. The number of allylic oxidation sites excluding steroid dienone is 2. The van der Waals surface area contributed by atoms with Crippen molar-refractivity contribution in [2.24, 2.45) is 11.8 Å². The van der Waals surface area contributed by atoms with Crippen molar-refractivity contribution >= 4 is 29.3 Å². The number of anilines is 1. The van der Waals surface area contributed by atoms with E-state index in [1.807, 2.05) is 17.1 Å². The maximum atomic E-state index is 13.0. The molecule has 4 amide bonds. The number of nitrogens with one attached hydrogen (secondary N) is 1. The van der Waals surface area contributed by atoms with Crippen LogP contribution in [0.3, 0.4) is 0 Å². The minimum absolute atomic E-state index is 0.0889. The van der Waals surface area contributed by atoms with Crippen LogP contribution in [0.5, 0.6) is 0 Å². The average Bonchev–Trinajstić information content (AvgIpc) is 3.04. The molecule has 2 fully saturated rings. The number of carbonyl (C=O) groups is 4. The SMILES string of the molecule is O=C(CN1CCN(C(=O)CCN2C(=O)[C@H]3CC=CC[C@H]3C2=O)CC1)Nc1ccc(F)cc1. The third-order valence-corrected chi connectivity index (χ3v) is 6.37. The van der Waals surface area contributed by atoms with E-state index in [1.165, 1.54) is 29.2 Å². The minimum atomic E-state index is -0.363. The van der Waals surface area contributed by atoms with Crippen molar-refractivity contribution in [3.05, 3.63) is 42.2 Å². The number of hydrogen-bond donors (Lipinski definition) is 1. The first kappa shape index (κ1) is 22.1. The first-order valence-electron chi connectivity index (χ1n) is 11.0. The number of nitrogens with zero attached hydrogens (tertiary/aromatic N) is 3. The Balaban J connectivity index is 1.19. The largest absolute Gasteiger partial charge is 0.340 e. The van der Waals surface area contributed by atoms with Crippen molar-refractivity contribution in [1.29, 1.82) is 0 Å². The number of hydrogen-bond acceptors (Lipinski definition) is 5. The van der Waals surface area contributed by atoms with Crippen molar-refractivity contribution in [1.82, 2.24) is 14.7 Å². The van der Waals surface area contributed by atoms with Crippen molar-refractivity contribution in [3.8, 4) is 0 Å². The molecule has 1 aromatic rings. The summed E-state index contributed by atoms with van der Waals surface area (Å²) in [5.74, 6) is -1.51. The summed E-state index contributed by atoms with van der Waals surface area (Å²) in [6, 6.07) is 5.58. The van der Waals surface area contributed by atoms with Gasteiger partial charge in [0.1, 0.15) is 5.82 Å². The van der Waals surface area contributed by atoms with E-state index in [0.29, 0.717) is 44.7 Å². The Bertz CT molecular complexity index is 898. The van der Waals surface area contributed by atoms with Gasteiger partial charge in [-0.2, -0.15) is 0 Å². The van der Waals surface area contributed by atoms with E-state index < -0.39 is 0 Å². The molecule has 2 saturated heterocycles. The molecule has 1 aliphatic carbocycles. The van der Waals surface area contributed by atoms with Crippen molar-refractivity contribution in [3.63, 3.8) is 0 Å². The van der Waals surface area contributed by atoms with Gasteiger partial charge in [0.15, 0.2) is 0 Å². The molecule has 0 spiro atoms. The Morgan fingerprint density at radius 3 is 2.12 bits per heavy atom. The fourth-order valence-electron chi connectivity index (χ4n) is 4.55. The number of rotatable bonds is 6. The normalized spacial score (nSPS) is 23.4. The van der Waals surface area contributed by atoms with Crippen LogP contribution in [0.2, 0.25) is 0 Å². The van der Waals surface area contributed by atoms with E-state index in [0.717, 1.165) is 0 Å². The van der Waals surface area contributed by atoms with Crippen molar-refractivity contribution in [2.45, 2.75) is 19.3 Å². The Morgan fingerprint density at radius 1 is 0.938 bits per heavy atom. The maximum absolute atomic E-state index is 13.0. The first-order chi connectivity index (χ1) is 15.4. The number of piperazine rings is 1. The second-order valence-corrected chi connectivity index (χ2v) is 8.45. The Labute approximate surface area is 186 Å². The van der Waals surface area contributed by atoms with E-state index in [4.69, 9.17) is 0 Å². The molecule has 2 atom stereocenters. The fraction of sp³-hybridized carbons (Fsp3) is 0.478. The lowest BCUT2D eigenvalue weighted by molar-refractivity contribution is -0.141. The van der Waals surface area contributed by atoms with Crippen LogP contribution in [-0.2, 0) is 19.2 Å². The van der Waals surface area contributed by atoms with E-state index >= 15 is 0 Å². The molecule has 9 heteroatoms. The molecule has 32 heavy (non-hydrogen) atoms. The minimum Gasteiger partial charge on any atom is -0.340 e. The molecule has 2 heterocycles. The highest BCUT2D eigenvalue weighted by molar-refractivity contribution is 6.05. The molecule has 0 aromatic heterocycles. The summed E-state index contributed by atoms with van der Waals surface area (Å²) in [6.07, 6.45) is 5.20. The van der Waals surface area contributed by atoms with Crippen LogP contribution < -0.4 is 5.32 Å². The molecule has 170 valence electrons. The van der Waals surface area contributed by atoms with E-state index in [-0.39, 0.29) is 60.8 Å². The highest BCUT2D eigenvalue weighted by Crippen LogP contribution is 2.35. The second kappa shape index (κ2) is 9.60. The Morgan fingerprint density at radius 2 is 1.53 bits per heavy atom. The third-order valence-electron chi connectivity index (χ3n) is 6.37. The summed E-state index contributed by atoms with van der Waals surface area (Å²) < 4.78 is 13.0. The zero-order valence-corrected chi connectivity index (χ0v) is 17.8. The van der Waals surface area contributed by atoms with Gasteiger partial charge in [0.25, 0.3) is 0 Å². The third kappa shape index (κ3) is 4.88. The Hall–Kier alpha value is -3.07. The van der Waals surface area contributed by atoms with Gasteiger partial charge in [-0.15, -0.1) is 0 Å². The summed E-state index contributed by atoms with van der Waals surface area (Å²) >= 11 is 0. The summed E-state index contributed by atoms with van der Waals surface area (Å²) in [5, 5.41) is 2.73. The van der Waals surface area contributed by atoms with Gasteiger partial charge in [0, 0.05) is 44.8 Å². The zero-order chi connectivity index (χ0) is 22.7. The molecule has 1 aromatic carbocycles. The number of fused-ring (bicyclic) bond motifs is 1. The number of amides is 4. The summed E-state index contributed by atoms with van der Waals surface area (Å²) in [4.78, 5) is 54.8. The lowest BCUT2D eigenvalue weighted by Gasteiger charge is -2.34. The summed E-state index contributed by atoms with van der Waals surface area (Å²) in [6.45, 7) is 2.40. The predicted molar refractivity (Wildman–Crippen MR) is 115 cm³/mol. The number of carbonyl (C=O) groups excluding carboxylic acids is 4. The van der Waals surface area contributed by atoms with Crippen LogP contribution in [0, 0.1) is 17.7 Å². The smallest absolute Gasteiger partial charge is 0.238 e. The number of benzene rings is 1. The van der Waals surface area contributed by atoms with Gasteiger partial charge < -0.3 is 10.2 Å². The Kier molecular flexibility index (Phi) is 6.64. The van der Waals surface area contributed by atoms with Gasteiger partial charge in [-0.25, -0.2) is 4.39 Å². The van der Waals surface area contributed by atoms with Crippen LogP contribution in [0.25, 0.3) is 0 Å². The highest BCUT2D eigenvalue weighted by Gasteiger charge is 2.47. The lowest BCUT2D eigenvalue weighted by atomic mass is 9.85. The number of halogens is 1. The average molecular weight is 442 g/mol. The molecule has 8 nitrogen and oxygen atoms in total. The van der Waals surface area contributed by atoms with Crippen LogP contribution in [0.4, 0.5) is 10.1 Å². The van der Waals surface area contributed by atoms with Gasteiger partial charge in [-0.1, -0.05) is 12.2 Å². The van der Waals surface area contributed by atoms with Crippen LogP contribution in [-0.4, -0.2) is 77.6 Å². The topological polar surface area (TPSA) is 90.0 Å². The fourth-order valence-corrected chi connectivity index (χ4v) is 4.55. The zero-order valence-electron chi connectivity index (χ0n) is 17.8. The molecule has 2 aliphatic heterocycles. The molecule has 0 radical (unpaired) electrons. The van der Waals surface area contributed by atoms with Crippen molar-refractivity contribution < 1.29 is 23.6 Å². The molecule has 0 bridgehead atoms. The van der Waals surface area contributed by atoms with Crippen LogP contribution in [0.15, 0.2) is 36.4 Å². The highest BCUT2D eigenvalue weighted by atomic mass is 19.1. The molecule has 0 unspecified atom stereocenters. The monoisotopic (exact) mass is 442 g/mol. The predicted octanol–water partition coefficient (Wildman–Crippen LogP) is 1.25. The van der Waals surface area contributed by atoms with Crippen molar-refractivity contribution in [2.75, 3.05) is 44.6 Å². The maximum Gasteiger partial charge on any atom is 0.238 e. The van der Waals surface area contributed by atoms with Gasteiger partial charge in [0.05, 0.1) is 18.4 Å². The van der Waals surface area contributed by atoms with E-state index in [2.05, 4.69) is 5.32 Å². The quantitative estimate of drug-likeness (QED) is 0.529. The molecular weight excluding hydrogens is 415 g/mol. The van der Waals surface area contributed by atoms with Gasteiger partial charge in [-0.3, -0.25) is 29.0 Å². The van der Waals surface area contributed by atoms with Gasteiger partial charge >= 0.3 is 0 Å². The standard InChI is InChI=1S/C23H27FN4O4/c24-16-5-7-17(8-6-16)25-20(29)15-26-11-13-27(14-12-26)21(30)9-10-28-22(31)18-3-1-2-4-19(18)23(28)32/h1-2,5-8,18-19H,3-4,9-15H2,(H,25,29)/t18-,19+. The second-order valence-electron chi connectivity index (χ2n) is 8.45. The molecule has 1 N–H and O–H groups in total. The first-order valence-corrected chi connectivity index (χ1v) is 11.0.